The van der Waals surface area contributed by atoms with Crippen LogP contribution in [-0.2, 0) is 12.3 Å². The standard InChI is InChI=1S/C13H12Cl2N2S/c14-11-4-2-1-3-10(11)8-18-13-12(15)9(7-16)5-6-17-13/h1-6H,7-8,16H2. The SMILES string of the molecule is NCc1ccnc(SCc2ccccc2Cl)c1Cl. The molecule has 0 spiro atoms. The van der Waals surface area contributed by atoms with E-state index in [2.05, 4.69) is 4.98 Å². The van der Waals surface area contributed by atoms with Gasteiger partial charge in [-0.3, -0.25) is 0 Å². The Hall–Kier alpha value is -0.740. The van der Waals surface area contributed by atoms with E-state index in [1.807, 2.05) is 30.3 Å². The number of hydrogen-bond acceptors (Lipinski definition) is 3. The van der Waals surface area contributed by atoms with Gasteiger partial charge in [-0.05, 0) is 23.3 Å². The predicted molar refractivity (Wildman–Crippen MR) is 78.2 cm³/mol. The van der Waals surface area contributed by atoms with Crippen LogP contribution in [-0.4, -0.2) is 4.98 Å². The largest absolute Gasteiger partial charge is 0.326 e. The number of halogens is 2. The molecule has 2 nitrogen and oxygen atoms in total. The van der Waals surface area contributed by atoms with Crippen molar-refractivity contribution in [2.24, 2.45) is 5.73 Å². The van der Waals surface area contributed by atoms with E-state index in [1.165, 1.54) is 0 Å². The molecular weight excluding hydrogens is 287 g/mol. The van der Waals surface area contributed by atoms with Crippen molar-refractivity contribution in [2.45, 2.75) is 17.3 Å². The predicted octanol–water partition coefficient (Wildman–Crippen LogP) is 4.14. The molecule has 0 saturated carbocycles. The highest BCUT2D eigenvalue weighted by atomic mass is 35.5. The molecule has 2 aromatic rings. The van der Waals surface area contributed by atoms with Crippen molar-refractivity contribution < 1.29 is 0 Å². The van der Waals surface area contributed by atoms with Crippen molar-refractivity contribution >= 4 is 35.0 Å². The van der Waals surface area contributed by atoms with Gasteiger partial charge in [-0.2, -0.15) is 0 Å². The Kier molecular flexibility index (Phi) is 4.89. The van der Waals surface area contributed by atoms with Crippen molar-refractivity contribution in [1.29, 1.82) is 0 Å². The van der Waals surface area contributed by atoms with Crippen LogP contribution in [0.4, 0.5) is 0 Å². The number of benzene rings is 1. The second-order valence-corrected chi connectivity index (χ2v) is 5.42. The molecule has 2 N–H and O–H groups in total. The number of thioether (sulfide) groups is 1. The molecular formula is C13H12Cl2N2S. The first-order valence-corrected chi connectivity index (χ1v) is 7.16. The first-order chi connectivity index (χ1) is 8.72. The maximum atomic E-state index is 6.22. The molecule has 1 heterocycles. The summed E-state index contributed by atoms with van der Waals surface area (Å²) in [5.41, 5.74) is 7.59. The molecule has 0 aliphatic carbocycles. The Morgan fingerprint density at radius 2 is 1.89 bits per heavy atom. The van der Waals surface area contributed by atoms with Crippen LogP contribution in [0.5, 0.6) is 0 Å². The molecule has 5 heteroatoms. The minimum Gasteiger partial charge on any atom is -0.326 e. The zero-order valence-corrected chi connectivity index (χ0v) is 11.9. The Bertz CT molecular complexity index is 546. The summed E-state index contributed by atoms with van der Waals surface area (Å²) in [5, 5.41) is 2.19. The van der Waals surface area contributed by atoms with Crippen LogP contribution in [0, 0.1) is 0 Å². The monoisotopic (exact) mass is 298 g/mol. The van der Waals surface area contributed by atoms with Gasteiger partial charge < -0.3 is 5.73 Å². The number of rotatable bonds is 4. The Balaban J connectivity index is 2.14. The van der Waals surface area contributed by atoms with Crippen LogP contribution in [0.2, 0.25) is 10.0 Å². The molecule has 0 atom stereocenters. The first-order valence-electron chi connectivity index (χ1n) is 5.42. The normalized spacial score (nSPS) is 10.6. The summed E-state index contributed by atoms with van der Waals surface area (Å²) in [4.78, 5) is 4.26. The highest BCUT2D eigenvalue weighted by Gasteiger charge is 2.08. The lowest BCUT2D eigenvalue weighted by Gasteiger charge is -2.07. The summed E-state index contributed by atoms with van der Waals surface area (Å²) >= 11 is 13.9. The fourth-order valence-electron chi connectivity index (χ4n) is 1.48. The van der Waals surface area contributed by atoms with Crippen molar-refractivity contribution in [2.75, 3.05) is 0 Å². The minimum atomic E-state index is 0.418. The van der Waals surface area contributed by atoms with Crippen LogP contribution in [0.25, 0.3) is 0 Å². The van der Waals surface area contributed by atoms with Gasteiger partial charge in [0.15, 0.2) is 0 Å². The van der Waals surface area contributed by atoms with E-state index in [4.69, 9.17) is 28.9 Å². The quantitative estimate of drug-likeness (QED) is 0.862. The van der Waals surface area contributed by atoms with Crippen LogP contribution in [0.3, 0.4) is 0 Å². The van der Waals surface area contributed by atoms with Gasteiger partial charge in [-0.25, -0.2) is 4.98 Å². The average Bonchev–Trinajstić information content (AvgIpc) is 2.39. The molecule has 0 aliphatic rings. The molecule has 0 unspecified atom stereocenters. The van der Waals surface area contributed by atoms with Crippen molar-refractivity contribution in [1.82, 2.24) is 4.98 Å². The molecule has 1 aromatic heterocycles. The van der Waals surface area contributed by atoms with E-state index < -0.39 is 0 Å². The number of nitrogens with two attached hydrogens (primary N) is 1. The zero-order chi connectivity index (χ0) is 13.0. The Labute approximate surface area is 121 Å². The molecule has 0 fully saturated rings. The maximum Gasteiger partial charge on any atom is 0.115 e. The molecule has 18 heavy (non-hydrogen) atoms. The summed E-state index contributed by atoms with van der Waals surface area (Å²) < 4.78 is 0. The van der Waals surface area contributed by atoms with Crippen LogP contribution in [0.1, 0.15) is 11.1 Å². The van der Waals surface area contributed by atoms with E-state index in [0.717, 1.165) is 26.9 Å². The highest BCUT2D eigenvalue weighted by Crippen LogP contribution is 2.31. The Morgan fingerprint density at radius 3 is 2.61 bits per heavy atom. The molecule has 2 rings (SSSR count). The summed E-state index contributed by atoms with van der Waals surface area (Å²) in [6.07, 6.45) is 1.73. The number of nitrogens with zero attached hydrogens (tertiary/aromatic N) is 1. The zero-order valence-electron chi connectivity index (χ0n) is 9.57. The smallest absolute Gasteiger partial charge is 0.115 e. The van der Waals surface area contributed by atoms with Crippen LogP contribution in [0.15, 0.2) is 41.6 Å². The average molecular weight is 299 g/mol. The second-order valence-electron chi connectivity index (χ2n) is 3.67. The molecule has 0 radical (unpaired) electrons. The molecule has 1 aromatic carbocycles. The van der Waals surface area contributed by atoms with E-state index in [-0.39, 0.29) is 0 Å². The molecule has 94 valence electrons. The number of pyridine rings is 1. The van der Waals surface area contributed by atoms with E-state index in [1.54, 1.807) is 18.0 Å². The third-order valence-corrected chi connectivity index (χ3v) is 4.42. The lowest BCUT2D eigenvalue weighted by Crippen LogP contribution is -1.98. The van der Waals surface area contributed by atoms with Gasteiger partial charge in [0.25, 0.3) is 0 Å². The third-order valence-electron chi connectivity index (χ3n) is 2.48. The fraction of sp³-hybridized carbons (Fsp3) is 0.154. The van der Waals surface area contributed by atoms with Crippen LogP contribution >= 0.6 is 35.0 Å². The van der Waals surface area contributed by atoms with Gasteiger partial charge in [0.05, 0.1) is 5.02 Å². The molecule has 0 aliphatic heterocycles. The topological polar surface area (TPSA) is 38.9 Å². The highest BCUT2D eigenvalue weighted by molar-refractivity contribution is 7.98. The second kappa shape index (κ2) is 6.43. The van der Waals surface area contributed by atoms with E-state index >= 15 is 0 Å². The lowest BCUT2D eigenvalue weighted by molar-refractivity contribution is 1.02. The van der Waals surface area contributed by atoms with Crippen molar-refractivity contribution in [3.8, 4) is 0 Å². The summed E-state index contributed by atoms with van der Waals surface area (Å²) in [5.74, 6) is 0.737. The summed E-state index contributed by atoms with van der Waals surface area (Å²) in [7, 11) is 0. The van der Waals surface area contributed by atoms with Crippen molar-refractivity contribution in [3.63, 3.8) is 0 Å². The lowest BCUT2D eigenvalue weighted by atomic mass is 10.2. The third kappa shape index (κ3) is 3.18. The van der Waals surface area contributed by atoms with Gasteiger partial charge in [0, 0.05) is 23.5 Å². The van der Waals surface area contributed by atoms with Gasteiger partial charge in [-0.15, -0.1) is 11.8 Å². The fourth-order valence-corrected chi connectivity index (χ4v) is 3.05. The molecule has 0 bridgehead atoms. The van der Waals surface area contributed by atoms with E-state index in [0.29, 0.717) is 11.6 Å². The summed E-state index contributed by atoms with van der Waals surface area (Å²) in [6, 6.07) is 9.59. The van der Waals surface area contributed by atoms with Crippen LogP contribution < -0.4 is 5.73 Å². The van der Waals surface area contributed by atoms with Gasteiger partial charge in [0.1, 0.15) is 5.03 Å². The Morgan fingerprint density at radius 1 is 1.11 bits per heavy atom. The van der Waals surface area contributed by atoms with Crippen molar-refractivity contribution in [3.05, 3.63) is 57.7 Å². The molecule has 0 saturated heterocycles. The maximum absolute atomic E-state index is 6.22. The number of hydrogen-bond donors (Lipinski definition) is 1. The van der Waals surface area contributed by atoms with Gasteiger partial charge in [0.2, 0.25) is 0 Å². The van der Waals surface area contributed by atoms with Gasteiger partial charge in [-0.1, -0.05) is 41.4 Å². The van der Waals surface area contributed by atoms with Gasteiger partial charge >= 0.3 is 0 Å². The summed E-state index contributed by atoms with van der Waals surface area (Å²) in [6.45, 7) is 0.418. The minimum absolute atomic E-state index is 0.418. The molecule has 0 amide bonds. The number of aromatic nitrogens is 1. The van der Waals surface area contributed by atoms with E-state index in [9.17, 15) is 0 Å². The first kappa shape index (κ1) is 13.7.